The molecule has 0 bridgehead atoms. The zero-order chi connectivity index (χ0) is 13.2. The molecular formula is C12H20ClF3N2O. The lowest BCUT2D eigenvalue weighted by Gasteiger charge is -2.36. The zero-order valence-electron chi connectivity index (χ0n) is 10.7. The molecule has 0 aromatic carbocycles. The van der Waals surface area contributed by atoms with Crippen LogP contribution in [0.2, 0.25) is 0 Å². The number of carbonyl (C=O) groups excluding carboxylic acids is 1. The van der Waals surface area contributed by atoms with E-state index in [0.29, 0.717) is 13.0 Å². The Morgan fingerprint density at radius 3 is 2.47 bits per heavy atom. The van der Waals surface area contributed by atoms with Crippen molar-refractivity contribution >= 4 is 18.3 Å². The molecule has 19 heavy (non-hydrogen) atoms. The summed E-state index contributed by atoms with van der Waals surface area (Å²) >= 11 is 0. The third kappa shape index (κ3) is 4.24. The summed E-state index contributed by atoms with van der Waals surface area (Å²) in [4.78, 5) is 13.5. The topological polar surface area (TPSA) is 32.3 Å². The summed E-state index contributed by atoms with van der Waals surface area (Å²) in [6.45, 7) is 1.08. The highest BCUT2D eigenvalue weighted by molar-refractivity contribution is 5.85. The molecule has 2 aliphatic rings. The van der Waals surface area contributed by atoms with Crippen LogP contribution in [0.15, 0.2) is 0 Å². The Labute approximate surface area is 117 Å². The largest absolute Gasteiger partial charge is 0.393 e. The average molecular weight is 301 g/mol. The van der Waals surface area contributed by atoms with E-state index in [-0.39, 0.29) is 37.3 Å². The molecule has 2 atom stereocenters. The van der Waals surface area contributed by atoms with Gasteiger partial charge in [0.2, 0.25) is 5.91 Å². The van der Waals surface area contributed by atoms with Crippen LogP contribution in [0, 0.1) is 5.92 Å². The number of piperidine rings is 2. The Balaban J connectivity index is 0.00000180. The third-order valence-electron chi connectivity index (χ3n) is 3.80. The van der Waals surface area contributed by atoms with Gasteiger partial charge in [-0.1, -0.05) is 6.42 Å². The lowest BCUT2D eigenvalue weighted by molar-refractivity contribution is -0.188. The number of hydrogen-bond acceptors (Lipinski definition) is 2. The number of likely N-dealkylation sites (tertiary alicyclic amines) is 1. The Bertz CT molecular complexity index is 306. The van der Waals surface area contributed by atoms with Crippen molar-refractivity contribution in [2.45, 2.75) is 44.3 Å². The highest BCUT2D eigenvalue weighted by Gasteiger charge is 2.43. The number of rotatable bonds is 1. The third-order valence-corrected chi connectivity index (χ3v) is 3.80. The molecule has 3 nitrogen and oxygen atoms in total. The average Bonchev–Trinajstić information content (AvgIpc) is 2.38. The fourth-order valence-corrected chi connectivity index (χ4v) is 2.73. The first kappa shape index (κ1) is 16.6. The van der Waals surface area contributed by atoms with Crippen LogP contribution in [0.5, 0.6) is 0 Å². The molecular weight excluding hydrogens is 281 g/mol. The van der Waals surface area contributed by atoms with Gasteiger partial charge in [-0.05, 0) is 32.2 Å². The molecule has 2 fully saturated rings. The van der Waals surface area contributed by atoms with Crippen LogP contribution >= 0.6 is 12.4 Å². The van der Waals surface area contributed by atoms with Crippen LogP contribution in [-0.2, 0) is 4.79 Å². The van der Waals surface area contributed by atoms with Crippen LogP contribution in [0.1, 0.15) is 32.1 Å². The Kier molecular flexibility index (Phi) is 5.92. The van der Waals surface area contributed by atoms with Gasteiger partial charge in [0, 0.05) is 13.1 Å². The summed E-state index contributed by atoms with van der Waals surface area (Å²) in [6.07, 6.45) is -0.839. The number of alkyl halides is 3. The molecule has 2 aliphatic heterocycles. The van der Waals surface area contributed by atoms with Crippen molar-refractivity contribution in [2.75, 3.05) is 19.6 Å². The number of nitrogens with zero attached hydrogens (tertiary/aromatic N) is 1. The second-order valence-corrected chi connectivity index (χ2v) is 5.17. The molecule has 0 aromatic rings. The molecule has 1 N–H and O–H groups in total. The van der Waals surface area contributed by atoms with E-state index in [1.807, 2.05) is 0 Å². The predicted molar refractivity (Wildman–Crippen MR) is 68.2 cm³/mol. The molecule has 2 heterocycles. The van der Waals surface area contributed by atoms with E-state index >= 15 is 0 Å². The summed E-state index contributed by atoms with van der Waals surface area (Å²) in [5, 5.41) is 3.10. The monoisotopic (exact) mass is 300 g/mol. The van der Waals surface area contributed by atoms with E-state index in [4.69, 9.17) is 0 Å². The van der Waals surface area contributed by atoms with Gasteiger partial charge in [-0.3, -0.25) is 4.79 Å². The van der Waals surface area contributed by atoms with Gasteiger partial charge in [0.25, 0.3) is 0 Å². The molecule has 0 spiro atoms. The molecule has 112 valence electrons. The predicted octanol–water partition coefficient (Wildman–Crippen LogP) is 2.35. The van der Waals surface area contributed by atoms with Crippen LogP contribution in [-0.4, -0.2) is 42.7 Å². The molecule has 0 saturated carbocycles. The summed E-state index contributed by atoms with van der Waals surface area (Å²) in [5.41, 5.74) is 0. The van der Waals surface area contributed by atoms with Gasteiger partial charge in [0.15, 0.2) is 0 Å². The number of halogens is 4. The zero-order valence-corrected chi connectivity index (χ0v) is 11.5. The Morgan fingerprint density at radius 2 is 1.89 bits per heavy atom. The summed E-state index contributed by atoms with van der Waals surface area (Å²) in [6, 6.07) is -0.272. The van der Waals surface area contributed by atoms with E-state index in [0.717, 1.165) is 25.8 Å². The van der Waals surface area contributed by atoms with E-state index < -0.39 is 12.1 Å². The van der Waals surface area contributed by atoms with Crippen molar-refractivity contribution in [3.63, 3.8) is 0 Å². The lowest BCUT2D eigenvalue weighted by atomic mass is 9.96. The summed E-state index contributed by atoms with van der Waals surface area (Å²) < 4.78 is 38.0. The standard InChI is InChI=1S/C12H19F3N2O.ClH/c13-12(14,15)9-4-3-7-17(8-9)11(18)10-5-1-2-6-16-10;/h9-10,16H,1-8H2;1H/t9?,10-;/m1./s1. The molecule has 0 aliphatic carbocycles. The van der Waals surface area contributed by atoms with Gasteiger partial charge in [0.05, 0.1) is 12.0 Å². The molecule has 7 heteroatoms. The SMILES string of the molecule is Cl.O=C([C@H]1CCCCN1)N1CCCC(C(F)(F)F)C1. The number of hydrogen-bond donors (Lipinski definition) is 1. The maximum absolute atomic E-state index is 12.7. The minimum atomic E-state index is -4.18. The summed E-state index contributed by atoms with van der Waals surface area (Å²) in [7, 11) is 0. The van der Waals surface area contributed by atoms with Crippen LogP contribution < -0.4 is 5.32 Å². The minimum Gasteiger partial charge on any atom is -0.341 e. The highest BCUT2D eigenvalue weighted by Crippen LogP contribution is 2.33. The van der Waals surface area contributed by atoms with Crippen LogP contribution in [0.25, 0.3) is 0 Å². The first-order valence-corrected chi connectivity index (χ1v) is 6.57. The fourth-order valence-electron chi connectivity index (χ4n) is 2.73. The number of amides is 1. The summed E-state index contributed by atoms with van der Waals surface area (Å²) in [5.74, 6) is -1.50. The van der Waals surface area contributed by atoms with Gasteiger partial charge in [-0.15, -0.1) is 12.4 Å². The van der Waals surface area contributed by atoms with E-state index in [9.17, 15) is 18.0 Å². The molecule has 1 amide bonds. The van der Waals surface area contributed by atoms with Crippen LogP contribution in [0.4, 0.5) is 13.2 Å². The van der Waals surface area contributed by atoms with Gasteiger partial charge in [0.1, 0.15) is 0 Å². The Morgan fingerprint density at radius 1 is 1.16 bits per heavy atom. The molecule has 1 unspecified atom stereocenters. The highest BCUT2D eigenvalue weighted by atomic mass is 35.5. The van der Waals surface area contributed by atoms with Crippen LogP contribution in [0.3, 0.4) is 0 Å². The van der Waals surface area contributed by atoms with Gasteiger partial charge in [-0.25, -0.2) is 0 Å². The molecule has 2 rings (SSSR count). The van der Waals surface area contributed by atoms with Crippen molar-refractivity contribution in [3.8, 4) is 0 Å². The number of nitrogens with one attached hydrogen (secondary N) is 1. The van der Waals surface area contributed by atoms with E-state index in [2.05, 4.69) is 5.32 Å². The first-order chi connectivity index (χ1) is 8.48. The first-order valence-electron chi connectivity index (χ1n) is 6.57. The van der Waals surface area contributed by atoms with Crippen molar-refractivity contribution in [1.29, 1.82) is 0 Å². The fraction of sp³-hybridized carbons (Fsp3) is 0.917. The maximum atomic E-state index is 12.7. The second-order valence-electron chi connectivity index (χ2n) is 5.17. The maximum Gasteiger partial charge on any atom is 0.393 e. The van der Waals surface area contributed by atoms with Gasteiger partial charge >= 0.3 is 6.18 Å². The van der Waals surface area contributed by atoms with Crippen molar-refractivity contribution < 1.29 is 18.0 Å². The normalized spacial score (nSPS) is 28.7. The lowest BCUT2D eigenvalue weighted by Crippen LogP contribution is -2.52. The van der Waals surface area contributed by atoms with E-state index in [1.165, 1.54) is 4.90 Å². The molecule has 0 radical (unpaired) electrons. The van der Waals surface area contributed by atoms with Gasteiger partial charge in [-0.2, -0.15) is 13.2 Å². The van der Waals surface area contributed by atoms with Gasteiger partial charge < -0.3 is 10.2 Å². The smallest absolute Gasteiger partial charge is 0.341 e. The van der Waals surface area contributed by atoms with Crippen molar-refractivity contribution in [3.05, 3.63) is 0 Å². The molecule has 0 aromatic heterocycles. The van der Waals surface area contributed by atoms with Crippen molar-refractivity contribution in [1.82, 2.24) is 10.2 Å². The molecule has 2 saturated heterocycles. The Hall–Kier alpha value is -0.490. The quantitative estimate of drug-likeness (QED) is 0.806. The minimum absolute atomic E-state index is 0. The number of carbonyl (C=O) groups is 1. The second kappa shape index (κ2) is 6.79. The van der Waals surface area contributed by atoms with Crippen molar-refractivity contribution in [2.24, 2.45) is 5.92 Å². The van der Waals surface area contributed by atoms with E-state index in [1.54, 1.807) is 0 Å².